The molecule has 0 aliphatic heterocycles. The van der Waals surface area contributed by atoms with E-state index in [9.17, 15) is 4.79 Å². The van der Waals surface area contributed by atoms with Gasteiger partial charge in [-0.15, -0.1) is 0 Å². The van der Waals surface area contributed by atoms with Crippen LogP contribution in [0.2, 0.25) is 0 Å². The van der Waals surface area contributed by atoms with Gasteiger partial charge in [0.2, 0.25) is 0 Å². The standard InChI is InChI=1S/C27H36N2O2/c1-2-3-5-9-22-19-28-27(29-20-22)25-17-15-24(16-18-25)23-13-11-21(12-14-23)8-6-4-7-10-26(30)31/h7,10,15-21,23H,2-6,8-9,11-14H2,1H3,(H,30,31)/b10-7+/t21-,23-. The quantitative estimate of drug-likeness (QED) is 0.315. The first-order valence-corrected chi connectivity index (χ1v) is 12.0. The number of unbranched alkanes of at least 4 members (excludes halogenated alkanes) is 3. The molecular weight excluding hydrogens is 384 g/mol. The molecule has 0 unspecified atom stereocenters. The minimum absolute atomic E-state index is 0.652. The van der Waals surface area contributed by atoms with E-state index in [-0.39, 0.29) is 0 Å². The molecule has 1 heterocycles. The Bertz CT molecular complexity index is 819. The number of hydrogen-bond donors (Lipinski definition) is 1. The van der Waals surface area contributed by atoms with Gasteiger partial charge in [-0.1, -0.05) is 56.5 Å². The molecule has 1 aliphatic carbocycles. The van der Waals surface area contributed by atoms with E-state index in [1.165, 1.54) is 68.6 Å². The van der Waals surface area contributed by atoms with Crippen LogP contribution in [-0.4, -0.2) is 21.0 Å². The minimum Gasteiger partial charge on any atom is -0.478 e. The lowest BCUT2D eigenvalue weighted by Gasteiger charge is -2.29. The Morgan fingerprint density at radius 3 is 2.39 bits per heavy atom. The summed E-state index contributed by atoms with van der Waals surface area (Å²) in [6, 6.07) is 8.86. The molecule has 2 aromatic rings. The highest BCUT2D eigenvalue weighted by Gasteiger charge is 2.22. The molecule has 31 heavy (non-hydrogen) atoms. The molecule has 0 saturated heterocycles. The van der Waals surface area contributed by atoms with Gasteiger partial charge < -0.3 is 5.11 Å². The molecule has 0 atom stereocenters. The van der Waals surface area contributed by atoms with E-state index in [4.69, 9.17) is 5.11 Å². The van der Waals surface area contributed by atoms with Crippen molar-refractivity contribution in [2.45, 2.75) is 83.5 Å². The van der Waals surface area contributed by atoms with Crippen LogP contribution in [0, 0.1) is 5.92 Å². The summed E-state index contributed by atoms with van der Waals surface area (Å²) in [5, 5.41) is 8.63. The van der Waals surface area contributed by atoms with Gasteiger partial charge in [-0.05, 0) is 74.3 Å². The van der Waals surface area contributed by atoms with Gasteiger partial charge in [-0.3, -0.25) is 0 Å². The number of allylic oxidation sites excluding steroid dienone is 1. The molecule has 1 N–H and O–H groups in total. The van der Waals surface area contributed by atoms with Gasteiger partial charge >= 0.3 is 5.97 Å². The molecule has 0 radical (unpaired) electrons. The van der Waals surface area contributed by atoms with Gasteiger partial charge in [0.05, 0.1) is 0 Å². The van der Waals surface area contributed by atoms with Crippen LogP contribution < -0.4 is 0 Å². The van der Waals surface area contributed by atoms with Crippen molar-refractivity contribution < 1.29 is 9.90 Å². The maximum absolute atomic E-state index is 10.5. The zero-order valence-electron chi connectivity index (χ0n) is 18.8. The molecule has 166 valence electrons. The van der Waals surface area contributed by atoms with Crippen LogP contribution >= 0.6 is 0 Å². The monoisotopic (exact) mass is 420 g/mol. The van der Waals surface area contributed by atoms with Gasteiger partial charge in [0, 0.05) is 24.0 Å². The van der Waals surface area contributed by atoms with E-state index >= 15 is 0 Å². The lowest BCUT2D eigenvalue weighted by atomic mass is 9.77. The summed E-state index contributed by atoms with van der Waals surface area (Å²) in [7, 11) is 0. The number of carbonyl (C=O) groups is 1. The highest BCUT2D eigenvalue weighted by Crippen LogP contribution is 2.38. The molecule has 1 aromatic heterocycles. The van der Waals surface area contributed by atoms with Crippen LogP contribution in [0.5, 0.6) is 0 Å². The van der Waals surface area contributed by atoms with E-state index in [2.05, 4.69) is 41.2 Å². The largest absolute Gasteiger partial charge is 0.478 e. The van der Waals surface area contributed by atoms with Crippen LogP contribution in [0.4, 0.5) is 0 Å². The summed E-state index contributed by atoms with van der Waals surface area (Å²) in [6.45, 7) is 2.22. The summed E-state index contributed by atoms with van der Waals surface area (Å²) in [5.41, 5.74) is 3.75. The zero-order chi connectivity index (χ0) is 21.9. The second kappa shape index (κ2) is 12.4. The Morgan fingerprint density at radius 1 is 1.03 bits per heavy atom. The van der Waals surface area contributed by atoms with Gasteiger partial charge in [0.25, 0.3) is 0 Å². The summed E-state index contributed by atoms with van der Waals surface area (Å²) in [5.74, 6) is 1.40. The van der Waals surface area contributed by atoms with E-state index in [1.807, 2.05) is 12.4 Å². The summed E-state index contributed by atoms with van der Waals surface area (Å²) >= 11 is 0. The highest BCUT2D eigenvalue weighted by atomic mass is 16.4. The topological polar surface area (TPSA) is 63.1 Å². The SMILES string of the molecule is CCCCCc1cnc(-c2ccc([C@H]3CC[C@H](CCC/C=C/C(=O)O)CC3)cc2)nc1. The predicted molar refractivity (Wildman–Crippen MR) is 126 cm³/mol. The lowest BCUT2D eigenvalue weighted by molar-refractivity contribution is -0.131. The van der Waals surface area contributed by atoms with Crippen LogP contribution in [0.3, 0.4) is 0 Å². The molecule has 3 rings (SSSR count). The maximum atomic E-state index is 10.5. The number of nitrogens with zero attached hydrogens (tertiary/aromatic N) is 2. The Kier molecular flexibility index (Phi) is 9.26. The van der Waals surface area contributed by atoms with E-state index < -0.39 is 5.97 Å². The van der Waals surface area contributed by atoms with Crippen molar-refractivity contribution in [1.29, 1.82) is 0 Å². The molecule has 4 heteroatoms. The lowest BCUT2D eigenvalue weighted by Crippen LogP contribution is -2.13. The average Bonchev–Trinajstić information content (AvgIpc) is 2.80. The van der Waals surface area contributed by atoms with Crippen LogP contribution in [-0.2, 0) is 11.2 Å². The number of carboxylic acid groups (broad SMARTS) is 1. The highest BCUT2D eigenvalue weighted by molar-refractivity contribution is 5.79. The molecule has 0 bridgehead atoms. The van der Waals surface area contributed by atoms with Crippen molar-refractivity contribution in [2.75, 3.05) is 0 Å². The molecule has 0 spiro atoms. The van der Waals surface area contributed by atoms with Gasteiger partial charge in [0.1, 0.15) is 0 Å². The third-order valence-electron chi connectivity index (χ3n) is 6.50. The first kappa shape index (κ1) is 23.2. The second-order valence-electron chi connectivity index (χ2n) is 8.88. The number of aromatic nitrogens is 2. The Hall–Kier alpha value is -2.49. The Morgan fingerprint density at radius 2 is 1.74 bits per heavy atom. The number of aryl methyl sites for hydroxylation is 1. The van der Waals surface area contributed by atoms with Crippen molar-refractivity contribution in [3.8, 4) is 11.4 Å². The van der Waals surface area contributed by atoms with Crippen molar-refractivity contribution in [2.24, 2.45) is 5.92 Å². The fraction of sp³-hybridized carbons (Fsp3) is 0.519. The number of aliphatic carboxylic acids is 1. The summed E-state index contributed by atoms with van der Waals surface area (Å²) in [6.07, 6.45) is 20.0. The Balaban J connectivity index is 1.45. The average molecular weight is 421 g/mol. The molecule has 0 amide bonds. The molecule has 1 saturated carbocycles. The van der Waals surface area contributed by atoms with Crippen molar-refractivity contribution in [3.63, 3.8) is 0 Å². The molecule has 1 aromatic carbocycles. The smallest absolute Gasteiger partial charge is 0.327 e. The van der Waals surface area contributed by atoms with Gasteiger partial charge in [0.15, 0.2) is 5.82 Å². The summed E-state index contributed by atoms with van der Waals surface area (Å²) < 4.78 is 0. The second-order valence-corrected chi connectivity index (χ2v) is 8.88. The van der Waals surface area contributed by atoms with Gasteiger partial charge in [-0.25, -0.2) is 14.8 Å². The maximum Gasteiger partial charge on any atom is 0.327 e. The van der Waals surface area contributed by atoms with E-state index in [0.717, 1.165) is 36.6 Å². The minimum atomic E-state index is -0.850. The molecule has 4 nitrogen and oxygen atoms in total. The fourth-order valence-corrected chi connectivity index (χ4v) is 4.61. The predicted octanol–water partition coefficient (Wildman–Crippen LogP) is 6.96. The van der Waals surface area contributed by atoms with Crippen LogP contribution in [0.1, 0.15) is 88.2 Å². The zero-order valence-corrected chi connectivity index (χ0v) is 18.8. The fourth-order valence-electron chi connectivity index (χ4n) is 4.61. The van der Waals surface area contributed by atoms with Gasteiger partial charge in [-0.2, -0.15) is 0 Å². The van der Waals surface area contributed by atoms with Crippen molar-refractivity contribution in [3.05, 3.63) is 59.9 Å². The van der Waals surface area contributed by atoms with Crippen LogP contribution in [0.25, 0.3) is 11.4 Å². The number of carboxylic acids is 1. The number of benzene rings is 1. The third-order valence-corrected chi connectivity index (χ3v) is 6.50. The van der Waals surface area contributed by atoms with Crippen molar-refractivity contribution >= 4 is 5.97 Å². The summed E-state index contributed by atoms with van der Waals surface area (Å²) in [4.78, 5) is 19.7. The normalized spacial score (nSPS) is 19.0. The first-order chi connectivity index (χ1) is 15.2. The van der Waals surface area contributed by atoms with E-state index in [0.29, 0.717) is 5.92 Å². The number of rotatable bonds is 11. The van der Waals surface area contributed by atoms with Crippen LogP contribution in [0.15, 0.2) is 48.8 Å². The Labute approximate surface area is 186 Å². The van der Waals surface area contributed by atoms with E-state index in [1.54, 1.807) is 6.08 Å². The number of hydrogen-bond acceptors (Lipinski definition) is 3. The third kappa shape index (κ3) is 7.61. The first-order valence-electron chi connectivity index (χ1n) is 12.0. The molecule has 1 fully saturated rings. The van der Waals surface area contributed by atoms with Crippen molar-refractivity contribution in [1.82, 2.24) is 9.97 Å². The molecule has 1 aliphatic rings. The molecular formula is C27H36N2O2.